The zero-order valence-corrected chi connectivity index (χ0v) is 19.3. The third-order valence-corrected chi connectivity index (χ3v) is 11.0. The van der Waals surface area contributed by atoms with Gasteiger partial charge in [-0.05, 0) is 106 Å². The fourth-order valence-electron chi connectivity index (χ4n) is 7.55. The van der Waals surface area contributed by atoms with Gasteiger partial charge in [0, 0.05) is 31.7 Å². The van der Waals surface area contributed by atoms with E-state index in [0.29, 0.717) is 23.5 Å². The number of piperazine rings is 1. The van der Waals surface area contributed by atoms with Crippen LogP contribution in [0.15, 0.2) is 11.0 Å². The van der Waals surface area contributed by atoms with Crippen molar-refractivity contribution >= 4 is 10.0 Å². The molecule has 0 unspecified atom stereocenters. The van der Waals surface area contributed by atoms with E-state index in [4.69, 9.17) is 0 Å². The molecule has 0 radical (unpaired) electrons. The standard InChI is InChI=1S/C24H36N2O2S/c1-16-9-17(2)19(4)23(18(16)3)29(27,28)26-7-5-25(6-8-26)24-13-20-10-21(14-24)12-22(11-20)15-24/h9,20-22H,5-8,10-15H2,1-4H3. The lowest BCUT2D eigenvalue weighted by Crippen LogP contribution is -2.64. The van der Waals surface area contributed by atoms with Crippen LogP contribution in [0.4, 0.5) is 0 Å². The number of rotatable bonds is 3. The van der Waals surface area contributed by atoms with E-state index >= 15 is 0 Å². The lowest BCUT2D eigenvalue weighted by molar-refractivity contribution is -0.0964. The Bertz CT molecular complexity index is 867. The molecule has 0 aromatic heterocycles. The first-order chi connectivity index (χ1) is 13.7. The molecule has 5 fully saturated rings. The van der Waals surface area contributed by atoms with Crippen molar-refractivity contribution in [2.45, 2.75) is 76.7 Å². The zero-order chi connectivity index (χ0) is 20.6. The Morgan fingerprint density at radius 1 is 0.793 bits per heavy atom. The van der Waals surface area contributed by atoms with Gasteiger partial charge in [-0.1, -0.05) is 6.07 Å². The first kappa shape index (κ1) is 20.0. The van der Waals surface area contributed by atoms with Crippen LogP contribution in [0.25, 0.3) is 0 Å². The van der Waals surface area contributed by atoms with Crippen LogP contribution in [-0.4, -0.2) is 49.3 Å². The predicted octanol–water partition coefficient (Wildman–Crippen LogP) is 4.20. The molecule has 0 atom stereocenters. The third kappa shape index (κ3) is 3.11. The summed E-state index contributed by atoms with van der Waals surface area (Å²) in [6, 6.07) is 2.11. The second-order valence-electron chi connectivity index (χ2n) is 10.6. The molecular weight excluding hydrogens is 380 g/mol. The van der Waals surface area contributed by atoms with Gasteiger partial charge in [-0.15, -0.1) is 0 Å². The van der Waals surface area contributed by atoms with Crippen molar-refractivity contribution in [1.82, 2.24) is 9.21 Å². The lowest BCUT2D eigenvalue weighted by Gasteiger charge is -2.61. The normalized spacial score (nSPS) is 35.4. The summed E-state index contributed by atoms with van der Waals surface area (Å²) in [6.45, 7) is 11.0. The van der Waals surface area contributed by atoms with E-state index in [1.165, 1.54) is 38.5 Å². The van der Waals surface area contributed by atoms with Crippen molar-refractivity contribution in [3.8, 4) is 0 Å². The monoisotopic (exact) mass is 416 g/mol. The molecule has 1 aromatic rings. The van der Waals surface area contributed by atoms with E-state index in [1.54, 1.807) is 4.31 Å². The minimum absolute atomic E-state index is 0.385. The van der Waals surface area contributed by atoms with Gasteiger partial charge in [0.2, 0.25) is 10.0 Å². The highest BCUT2D eigenvalue weighted by Crippen LogP contribution is 2.57. The Morgan fingerprint density at radius 3 is 1.69 bits per heavy atom. The molecule has 4 saturated carbocycles. The molecular formula is C24H36N2O2S. The summed E-state index contributed by atoms with van der Waals surface area (Å²) in [5.41, 5.74) is 4.35. The largest absolute Gasteiger partial charge is 0.295 e. The van der Waals surface area contributed by atoms with Crippen LogP contribution in [0.2, 0.25) is 0 Å². The van der Waals surface area contributed by atoms with Crippen molar-refractivity contribution in [3.05, 3.63) is 28.3 Å². The fourth-order valence-corrected chi connectivity index (χ4v) is 9.55. The van der Waals surface area contributed by atoms with Crippen LogP contribution < -0.4 is 0 Å². The molecule has 1 aliphatic heterocycles. The molecule has 4 bridgehead atoms. The van der Waals surface area contributed by atoms with Gasteiger partial charge >= 0.3 is 0 Å². The maximum atomic E-state index is 13.6. The van der Waals surface area contributed by atoms with Gasteiger partial charge in [0.25, 0.3) is 0 Å². The quantitative estimate of drug-likeness (QED) is 0.742. The Morgan fingerprint density at radius 2 is 1.24 bits per heavy atom. The molecule has 4 nitrogen and oxygen atoms in total. The Kier molecular flexibility index (Phi) is 4.69. The van der Waals surface area contributed by atoms with E-state index in [0.717, 1.165) is 53.1 Å². The molecule has 0 N–H and O–H groups in total. The maximum absolute atomic E-state index is 13.6. The zero-order valence-electron chi connectivity index (χ0n) is 18.5. The maximum Gasteiger partial charge on any atom is 0.243 e. The van der Waals surface area contributed by atoms with E-state index in [9.17, 15) is 8.42 Å². The van der Waals surface area contributed by atoms with E-state index in [2.05, 4.69) is 11.0 Å². The SMILES string of the molecule is Cc1cc(C)c(C)c(S(=O)(=O)N2CCN(C34CC5CC(CC(C5)C3)C4)CC2)c1C. The number of hydrogen-bond donors (Lipinski definition) is 0. The Labute approximate surface area is 176 Å². The summed E-state index contributed by atoms with van der Waals surface area (Å²) in [4.78, 5) is 3.25. The topological polar surface area (TPSA) is 40.6 Å². The summed E-state index contributed by atoms with van der Waals surface area (Å²) >= 11 is 0. The predicted molar refractivity (Wildman–Crippen MR) is 117 cm³/mol. The number of hydrogen-bond acceptors (Lipinski definition) is 3. The molecule has 0 spiro atoms. The van der Waals surface area contributed by atoms with Crippen LogP contribution in [0, 0.1) is 45.4 Å². The minimum Gasteiger partial charge on any atom is -0.295 e. The second-order valence-corrected chi connectivity index (χ2v) is 12.5. The summed E-state index contributed by atoms with van der Waals surface area (Å²) in [5.74, 6) is 2.80. The molecule has 5 aliphatic rings. The summed E-state index contributed by atoms with van der Waals surface area (Å²) < 4.78 is 29.0. The van der Waals surface area contributed by atoms with E-state index in [-0.39, 0.29) is 0 Å². The van der Waals surface area contributed by atoms with Crippen molar-refractivity contribution in [2.75, 3.05) is 26.2 Å². The molecule has 160 valence electrons. The molecule has 1 heterocycles. The molecule has 1 aromatic carbocycles. The average Bonchev–Trinajstić information content (AvgIpc) is 2.65. The Hall–Kier alpha value is -0.910. The van der Waals surface area contributed by atoms with Crippen molar-refractivity contribution in [1.29, 1.82) is 0 Å². The highest BCUT2D eigenvalue weighted by atomic mass is 32.2. The van der Waals surface area contributed by atoms with Gasteiger partial charge < -0.3 is 0 Å². The minimum atomic E-state index is -3.44. The van der Waals surface area contributed by atoms with Crippen molar-refractivity contribution in [2.24, 2.45) is 17.8 Å². The van der Waals surface area contributed by atoms with Crippen molar-refractivity contribution < 1.29 is 8.42 Å². The van der Waals surface area contributed by atoms with Gasteiger partial charge in [-0.3, -0.25) is 4.90 Å². The molecule has 1 saturated heterocycles. The van der Waals surface area contributed by atoms with Crippen LogP contribution in [-0.2, 0) is 10.0 Å². The molecule has 0 amide bonds. The third-order valence-electron chi connectivity index (χ3n) is 8.81. The molecule has 6 rings (SSSR count). The summed E-state index contributed by atoms with van der Waals surface area (Å²) in [7, 11) is -3.44. The van der Waals surface area contributed by atoms with Crippen LogP contribution in [0.3, 0.4) is 0 Å². The van der Waals surface area contributed by atoms with E-state index in [1.807, 2.05) is 27.7 Å². The van der Waals surface area contributed by atoms with Crippen LogP contribution in [0.1, 0.15) is 60.8 Å². The fraction of sp³-hybridized carbons (Fsp3) is 0.750. The van der Waals surface area contributed by atoms with Gasteiger partial charge in [-0.25, -0.2) is 8.42 Å². The highest BCUT2D eigenvalue weighted by Gasteiger charge is 2.54. The summed E-state index contributed by atoms with van der Waals surface area (Å²) in [5, 5.41) is 0. The molecule has 29 heavy (non-hydrogen) atoms. The van der Waals surface area contributed by atoms with Gasteiger partial charge in [0.05, 0.1) is 4.90 Å². The first-order valence-electron chi connectivity index (χ1n) is 11.5. The van der Waals surface area contributed by atoms with Gasteiger partial charge in [0.15, 0.2) is 0 Å². The van der Waals surface area contributed by atoms with Gasteiger partial charge in [-0.2, -0.15) is 4.31 Å². The highest BCUT2D eigenvalue weighted by molar-refractivity contribution is 7.89. The van der Waals surface area contributed by atoms with E-state index < -0.39 is 10.0 Å². The smallest absolute Gasteiger partial charge is 0.243 e. The first-order valence-corrected chi connectivity index (χ1v) is 13.0. The number of sulfonamides is 1. The lowest BCUT2D eigenvalue weighted by atomic mass is 9.52. The number of aryl methyl sites for hydroxylation is 2. The number of nitrogens with zero attached hydrogens (tertiary/aromatic N) is 2. The van der Waals surface area contributed by atoms with Gasteiger partial charge in [0.1, 0.15) is 0 Å². The Balaban J connectivity index is 1.36. The second kappa shape index (κ2) is 6.80. The van der Waals surface area contributed by atoms with Crippen molar-refractivity contribution in [3.63, 3.8) is 0 Å². The molecule has 5 heteroatoms. The average molecular weight is 417 g/mol. The van der Waals surface area contributed by atoms with Crippen LogP contribution >= 0.6 is 0 Å². The summed E-state index contributed by atoms with van der Waals surface area (Å²) in [6.07, 6.45) is 8.46. The number of benzene rings is 1. The molecule has 4 aliphatic carbocycles. The van der Waals surface area contributed by atoms with Crippen LogP contribution in [0.5, 0.6) is 0 Å².